The topological polar surface area (TPSA) is 214 Å². The molecule has 0 atom stereocenters. The molecule has 0 amide bonds. The maximum absolute atomic E-state index is 11.1. The number of halogens is 4. The van der Waals surface area contributed by atoms with E-state index in [9.17, 15) is 21.4 Å². The normalized spacial score (nSPS) is 10.8. The number of benzene rings is 5. The Balaban J connectivity index is 0.000000357. The van der Waals surface area contributed by atoms with Crippen LogP contribution in [0.1, 0.15) is 105 Å². The molecule has 0 aliphatic rings. The van der Waals surface area contributed by atoms with Crippen LogP contribution in [0, 0.1) is 13.8 Å². The van der Waals surface area contributed by atoms with Crippen molar-refractivity contribution in [2.75, 3.05) is 48.6 Å². The highest BCUT2D eigenvalue weighted by Crippen LogP contribution is 2.16. The van der Waals surface area contributed by atoms with E-state index in [0.717, 1.165) is 90.4 Å². The fraction of sp³-hybridized carbons (Fsp3) is 0.305. The van der Waals surface area contributed by atoms with E-state index >= 15 is 0 Å². The minimum Gasteiger partial charge on any atom is -1.00 e. The molecule has 11 rings (SSSR count). The molecule has 584 valence electrons. The molecule has 27 heteroatoms. The quantitative estimate of drug-likeness (QED) is 0.0109. The van der Waals surface area contributed by atoms with E-state index in [2.05, 4.69) is 213 Å². The number of aryl methyl sites for hydroxylation is 8. The van der Waals surface area contributed by atoms with Crippen molar-refractivity contribution in [1.29, 1.82) is 0 Å². The number of hydrogen-bond donors (Lipinski definition) is 1. The predicted octanol–water partition coefficient (Wildman–Crippen LogP) is 5.28. The first-order valence-corrected chi connectivity index (χ1v) is 39.6. The highest BCUT2D eigenvalue weighted by atomic mass is 79.9. The van der Waals surface area contributed by atoms with Gasteiger partial charge in [0.05, 0.1) is 60.2 Å². The molecule has 1 N–H and O–H groups in total. The molecule has 109 heavy (non-hydrogen) atoms. The fourth-order valence-electron chi connectivity index (χ4n) is 10.4. The number of aromatic amines is 1. The van der Waals surface area contributed by atoms with Gasteiger partial charge in [-0.1, -0.05) is 119 Å². The van der Waals surface area contributed by atoms with Gasteiger partial charge in [-0.2, -0.15) is 37.4 Å². The van der Waals surface area contributed by atoms with Crippen LogP contribution in [0.5, 0.6) is 0 Å². The van der Waals surface area contributed by atoms with Gasteiger partial charge in [0.1, 0.15) is 60.8 Å². The minimum absolute atomic E-state index is 0. The third kappa shape index (κ3) is 38.5. The van der Waals surface area contributed by atoms with E-state index in [1.807, 2.05) is 142 Å². The lowest BCUT2D eigenvalue weighted by atomic mass is 10.2. The van der Waals surface area contributed by atoms with Gasteiger partial charge >= 0.3 is 0 Å². The van der Waals surface area contributed by atoms with Crippen molar-refractivity contribution in [2.24, 2.45) is 22.4 Å². The number of pyridine rings is 3. The Hall–Kier alpha value is -8.67. The Morgan fingerprint density at radius 3 is 1.19 bits per heavy atom. The zero-order chi connectivity index (χ0) is 75.9. The summed E-state index contributed by atoms with van der Waals surface area (Å²) in [6.07, 6.45) is 44.2. The molecule has 0 saturated heterocycles. The van der Waals surface area contributed by atoms with Crippen LogP contribution in [-0.2, 0) is 64.2 Å². The SMILES string of the molecule is CN(/N=C/c1cccc[n+]1CCCCCCBr)c1ccccc1.CN(/N=C/c1cccc[n+]1CCCCCCn1cc[n+](C)c1)c1ccccc1.CN(/N=C/c1cccc[n+]1CCCCCCn1ccnc1)c1ccccc1.COS(=O)(=O)c1ccc(C)cc1.Cc1ccc(S(=O)(=O)[O-])cc1.[Br-].[Br-].[Br-].c1c[nH]cn1. The van der Waals surface area contributed by atoms with Crippen molar-refractivity contribution < 1.29 is 94.8 Å². The summed E-state index contributed by atoms with van der Waals surface area (Å²) in [6, 6.07) is 61.6. The minimum atomic E-state index is -4.27. The Kier molecular flexibility index (Phi) is 47.6. The summed E-state index contributed by atoms with van der Waals surface area (Å²) in [5, 5.41) is 20.6. The van der Waals surface area contributed by atoms with Crippen molar-refractivity contribution in [3.63, 3.8) is 0 Å². The molecular formula is C82H105Br4N15O6S2. The molecule has 0 aliphatic heterocycles. The molecule has 0 radical (unpaired) electrons. The molecule has 0 fully saturated rings. The lowest BCUT2D eigenvalue weighted by molar-refractivity contribution is -0.698. The molecule has 6 heterocycles. The molecule has 0 bridgehead atoms. The highest BCUT2D eigenvalue weighted by molar-refractivity contribution is 9.09. The van der Waals surface area contributed by atoms with Crippen LogP contribution in [-0.4, -0.2) is 97.7 Å². The summed E-state index contributed by atoms with van der Waals surface area (Å²) in [6.45, 7) is 8.95. The third-order valence-electron chi connectivity index (χ3n) is 16.4. The molecule has 0 unspecified atom stereocenters. The number of alkyl halides is 1. The first kappa shape index (κ1) is 94.5. The van der Waals surface area contributed by atoms with Gasteiger partial charge in [0.15, 0.2) is 18.6 Å². The van der Waals surface area contributed by atoms with Gasteiger partial charge in [-0.25, -0.2) is 27.5 Å². The lowest BCUT2D eigenvalue weighted by Crippen LogP contribution is -3.00. The van der Waals surface area contributed by atoms with E-state index in [-0.39, 0.29) is 60.7 Å². The molecule has 0 aliphatic carbocycles. The van der Waals surface area contributed by atoms with Crippen molar-refractivity contribution in [2.45, 2.75) is 133 Å². The number of hydrazone groups is 3. The number of hydrogen-bond acceptors (Lipinski definition) is 14. The second-order valence-corrected chi connectivity index (χ2v) is 28.7. The maximum Gasteiger partial charge on any atom is 0.296 e. The molecule has 21 nitrogen and oxygen atoms in total. The number of aromatic nitrogens is 9. The van der Waals surface area contributed by atoms with E-state index in [4.69, 9.17) is 0 Å². The second kappa shape index (κ2) is 54.8. The van der Waals surface area contributed by atoms with Crippen molar-refractivity contribution in [1.82, 2.24) is 24.1 Å². The summed E-state index contributed by atoms with van der Waals surface area (Å²) in [5.74, 6) is 0. The van der Waals surface area contributed by atoms with Crippen LogP contribution >= 0.6 is 15.9 Å². The van der Waals surface area contributed by atoms with E-state index in [0.29, 0.717) is 0 Å². The van der Waals surface area contributed by atoms with E-state index < -0.39 is 20.2 Å². The van der Waals surface area contributed by atoms with Crippen LogP contribution < -0.4 is 84.2 Å². The number of H-pyrrole nitrogens is 1. The molecular weight excluding hydrogens is 1670 g/mol. The monoisotopic (exact) mass is 1780 g/mol. The van der Waals surface area contributed by atoms with Gasteiger partial charge in [0.2, 0.25) is 23.4 Å². The van der Waals surface area contributed by atoms with Crippen LogP contribution in [0.25, 0.3) is 0 Å². The van der Waals surface area contributed by atoms with Gasteiger partial charge in [0, 0.05) is 113 Å². The summed E-state index contributed by atoms with van der Waals surface area (Å²) in [4.78, 5) is 10.5. The van der Waals surface area contributed by atoms with Crippen molar-refractivity contribution >= 4 is 71.9 Å². The number of anilines is 3. The van der Waals surface area contributed by atoms with Gasteiger partial charge < -0.3 is 65.0 Å². The molecule has 0 saturated carbocycles. The number of nitrogens with one attached hydrogen (secondary N) is 1. The summed E-state index contributed by atoms with van der Waals surface area (Å²) in [5.41, 5.74) is 8.58. The number of imidazole rings is 3. The summed E-state index contributed by atoms with van der Waals surface area (Å²) in [7, 11) is 1.34. The third-order valence-corrected chi connectivity index (χ3v) is 19.1. The van der Waals surface area contributed by atoms with Crippen molar-refractivity contribution in [3.8, 4) is 0 Å². The van der Waals surface area contributed by atoms with Gasteiger partial charge in [0.25, 0.3) is 10.1 Å². The standard InChI is InChI=1S/C23H31N5.C22H28N5.C19H25BrN3.C8H10O3S.C7H8O3S.C3H4N2.3BrH/c1-25-18-19-27(21-25)15-9-3-4-10-16-28-17-11-8-14-23(28)20-24-26(2)22-12-6-5-7-13-22;1-25(21-11-5-4-6-12-21)24-19-22-13-7-10-17-27(22)16-9-3-2-8-15-26-18-14-23-20-26;1-22(18-11-5-4-6-12-18)21-17-19-13-7-10-16-23(19)15-9-3-2-8-14-20;1-7-3-5-8(6-4-7)12(9,10)11-2;1-6-2-4-7(5-3-6)11(8,9)10;1-2-5-3-4-1;;;/h5-8,11-14,17-21H,3-4,9-10,15-16H2,1-2H3;4-7,10-14,17-20H,2-3,8-9,15-16H2,1H3;4-7,10-13,16-17H,2-3,8-9,14-15H2,1H3;3-6H,1-2H3;2-5H,1H3,(H,8,9,10);1-3H,(H,4,5);3*1H/q+2;2*+1;;;;;;/p-4. The second-order valence-electron chi connectivity index (χ2n) is 24.8. The number of rotatable bonds is 32. The molecule has 11 aromatic rings. The summed E-state index contributed by atoms with van der Waals surface area (Å²) >= 11 is 3.48. The zero-order valence-electron chi connectivity index (χ0n) is 63.4. The Morgan fingerprint density at radius 1 is 0.477 bits per heavy atom. The van der Waals surface area contributed by atoms with Crippen LogP contribution in [0.3, 0.4) is 0 Å². The fourth-order valence-corrected chi connectivity index (χ4v) is 11.9. The van der Waals surface area contributed by atoms with Crippen LogP contribution in [0.15, 0.2) is 294 Å². The highest BCUT2D eigenvalue weighted by Gasteiger charge is 2.13. The number of para-hydroxylation sites is 3. The van der Waals surface area contributed by atoms with Gasteiger partial charge in [-0.3, -0.25) is 19.2 Å². The average Bonchev–Trinajstić information content (AvgIpc) is 1.45. The Morgan fingerprint density at radius 2 is 0.862 bits per heavy atom. The first-order chi connectivity index (χ1) is 51.4. The van der Waals surface area contributed by atoms with Crippen LogP contribution in [0.2, 0.25) is 0 Å². The Labute approximate surface area is 686 Å². The largest absolute Gasteiger partial charge is 1.00 e. The van der Waals surface area contributed by atoms with Crippen LogP contribution in [0.4, 0.5) is 17.1 Å². The zero-order valence-corrected chi connectivity index (χ0v) is 71.4. The maximum atomic E-state index is 11.1. The van der Waals surface area contributed by atoms with E-state index in [1.54, 1.807) is 43.0 Å². The van der Waals surface area contributed by atoms with Gasteiger partial charge in [-0.15, -0.1) is 0 Å². The van der Waals surface area contributed by atoms with Crippen molar-refractivity contribution in [3.05, 3.63) is 297 Å². The summed E-state index contributed by atoms with van der Waals surface area (Å²) < 4.78 is 71.0. The number of nitrogens with zero attached hydrogens (tertiary/aromatic N) is 14. The van der Waals surface area contributed by atoms with Gasteiger partial charge in [-0.05, 0) is 138 Å². The average molecular weight is 1780 g/mol. The smallest absolute Gasteiger partial charge is 0.296 e. The first-order valence-electron chi connectivity index (χ1n) is 35.7. The van der Waals surface area contributed by atoms with E-state index in [1.165, 1.54) is 101 Å². The number of unbranched alkanes of at least 4 members (excludes halogenated alkanes) is 9. The Bertz CT molecular complexity index is 4460. The molecule has 0 spiro atoms. The lowest BCUT2D eigenvalue weighted by Gasteiger charge is -2.11. The molecule has 5 aromatic carbocycles. The predicted molar refractivity (Wildman–Crippen MR) is 427 cm³/mol. The molecule has 6 aromatic heterocycles.